The molecule has 0 spiro atoms. The molecule has 3 heteroatoms. The molecule has 0 aliphatic heterocycles. The molecule has 0 aromatic heterocycles. The number of benzene rings is 2. The molecule has 0 saturated heterocycles. The zero-order valence-corrected chi connectivity index (χ0v) is 12.0. The van der Waals surface area contributed by atoms with Gasteiger partial charge in [0.15, 0.2) is 5.60 Å². The van der Waals surface area contributed by atoms with Crippen molar-refractivity contribution in [2.75, 3.05) is 0 Å². The summed E-state index contributed by atoms with van der Waals surface area (Å²) in [5, 5.41) is 22.4. The third-order valence-corrected chi connectivity index (χ3v) is 4.91. The summed E-state index contributed by atoms with van der Waals surface area (Å²) in [7, 11) is 0. The average Bonchev–Trinajstić information content (AvgIpc) is 2.75. The van der Waals surface area contributed by atoms with Crippen LogP contribution in [0.4, 0.5) is 0 Å². The van der Waals surface area contributed by atoms with E-state index in [1.54, 1.807) is 24.3 Å². The molecular formula is C18H16O3. The summed E-state index contributed by atoms with van der Waals surface area (Å²) in [6, 6.07) is 10.9. The predicted molar refractivity (Wildman–Crippen MR) is 78.2 cm³/mol. The van der Waals surface area contributed by atoms with E-state index in [0.717, 1.165) is 16.7 Å². The first-order valence-corrected chi connectivity index (χ1v) is 7.09. The fourth-order valence-corrected chi connectivity index (χ4v) is 4.15. The van der Waals surface area contributed by atoms with E-state index in [9.17, 15) is 15.0 Å². The molecule has 3 nitrogen and oxygen atoms in total. The van der Waals surface area contributed by atoms with Crippen molar-refractivity contribution in [2.45, 2.75) is 31.5 Å². The second-order valence-electron chi connectivity index (χ2n) is 6.24. The second-order valence-corrected chi connectivity index (χ2v) is 6.24. The first-order chi connectivity index (χ1) is 9.89. The minimum atomic E-state index is -1.86. The van der Waals surface area contributed by atoms with Gasteiger partial charge in [-0.1, -0.05) is 42.0 Å². The van der Waals surface area contributed by atoms with Gasteiger partial charge < -0.3 is 10.2 Å². The molecule has 21 heavy (non-hydrogen) atoms. The summed E-state index contributed by atoms with van der Waals surface area (Å²) in [6.07, 6.45) is 0.268. The quantitative estimate of drug-likeness (QED) is 0.777. The molecule has 2 atom stereocenters. The third kappa shape index (κ3) is 1.24. The number of ketones is 1. The summed E-state index contributed by atoms with van der Waals surface area (Å²) < 4.78 is 0. The highest BCUT2D eigenvalue weighted by Gasteiger charge is 2.67. The van der Waals surface area contributed by atoms with Crippen LogP contribution in [0.3, 0.4) is 0 Å². The number of aliphatic hydroxyl groups is 2. The monoisotopic (exact) mass is 280 g/mol. The van der Waals surface area contributed by atoms with Gasteiger partial charge in [-0.2, -0.15) is 0 Å². The van der Waals surface area contributed by atoms with Crippen LogP contribution in [0.2, 0.25) is 0 Å². The Morgan fingerprint density at radius 2 is 1.81 bits per heavy atom. The van der Waals surface area contributed by atoms with E-state index in [1.807, 2.05) is 26.0 Å². The first kappa shape index (κ1) is 12.7. The lowest BCUT2D eigenvalue weighted by Gasteiger charge is -2.31. The van der Waals surface area contributed by atoms with Gasteiger partial charge in [0, 0.05) is 17.5 Å². The van der Waals surface area contributed by atoms with Crippen molar-refractivity contribution in [1.29, 1.82) is 0 Å². The maximum absolute atomic E-state index is 12.8. The molecule has 0 saturated carbocycles. The SMILES string of the molecule is Cc1cc(C)c2c(c1)CC1(O)c3ccccc3C(=O)C21O. The van der Waals surface area contributed by atoms with Crippen molar-refractivity contribution in [3.8, 4) is 0 Å². The van der Waals surface area contributed by atoms with E-state index < -0.39 is 17.0 Å². The van der Waals surface area contributed by atoms with Crippen LogP contribution >= 0.6 is 0 Å². The molecule has 2 aliphatic rings. The van der Waals surface area contributed by atoms with Gasteiger partial charge in [-0.15, -0.1) is 0 Å². The van der Waals surface area contributed by atoms with Gasteiger partial charge in [0.2, 0.25) is 5.78 Å². The maximum Gasteiger partial charge on any atom is 0.202 e. The lowest BCUT2D eigenvalue weighted by molar-refractivity contribution is -0.115. The van der Waals surface area contributed by atoms with E-state index >= 15 is 0 Å². The number of fused-ring (bicyclic) bond motifs is 5. The molecule has 0 heterocycles. The number of Topliss-reactive ketones (excluding diaryl/α,β-unsaturated/α-hetero) is 1. The highest BCUT2D eigenvalue weighted by atomic mass is 16.4. The summed E-state index contributed by atoms with van der Waals surface area (Å²) in [5.74, 6) is -0.397. The number of rotatable bonds is 0. The van der Waals surface area contributed by atoms with E-state index in [0.29, 0.717) is 16.7 Å². The van der Waals surface area contributed by atoms with Gasteiger partial charge in [0.1, 0.15) is 5.60 Å². The molecule has 2 aromatic carbocycles. The molecule has 2 aromatic rings. The molecule has 0 amide bonds. The van der Waals surface area contributed by atoms with Crippen LogP contribution in [0, 0.1) is 13.8 Å². The maximum atomic E-state index is 12.8. The summed E-state index contributed by atoms with van der Waals surface area (Å²) >= 11 is 0. The smallest absolute Gasteiger partial charge is 0.202 e. The fourth-order valence-electron chi connectivity index (χ4n) is 4.15. The third-order valence-electron chi connectivity index (χ3n) is 4.91. The van der Waals surface area contributed by atoms with E-state index in [2.05, 4.69) is 0 Å². The molecule has 0 fully saturated rings. The molecular weight excluding hydrogens is 264 g/mol. The van der Waals surface area contributed by atoms with E-state index in [4.69, 9.17) is 0 Å². The van der Waals surface area contributed by atoms with Crippen LogP contribution in [-0.2, 0) is 17.6 Å². The van der Waals surface area contributed by atoms with Crippen molar-refractivity contribution in [3.05, 3.63) is 69.8 Å². The van der Waals surface area contributed by atoms with Gasteiger partial charge in [-0.05, 0) is 30.5 Å². The molecule has 2 aliphatic carbocycles. The molecule has 0 bridgehead atoms. The van der Waals surface area contributed by atoms with E-state index in [1.165, 1.54) is 0 Å². The number of carbonyl (C=O) groups is 1. The Hall–Kier alpha value is -1.97. The Morgan fingerprint density at radius 3 is 2.57 bits per heavy atom. The standard InChI is InChI=1S/C18H16O3/c1-10-7-11(2)15-12(8-10)9-17(20)14-6-4-3-5-13(14)16(19)18(15,17)21/h3-8,20-21H,9H2,1-2H3. The van der Waals surface area contributed by atoms with Crippen molar-refractivity contribution in [3.63, 3.8) is 0 Å². The number of hydrogen-bond acceptors (Lipinski definition) is 3. The largest absolute Gasteiger partial charge is 0.381 e. The van der Waals surface area contributed by atoms with Crippen LogP contribution in [0.15, 0.2) is 36.4 Å². The van der Waals surface area contributed by atoms with Gasteiger partial charge in [-0.25, -0.2) is 0 Å². The Kier molecular flexibility index (Phi) is 2.19. The van der Waals surface area contributed by atoms with Gasteiger partial charge in [0.25, 0.3) is 0 Å². The average molecular weight is 280 g/mol. The van der Waals surface area contributed by atoms with Crippen molar-refractivity contribution >= 4 is 5.78 Å². The molecule has 0 radical (unpaired) electrons. The fraction of sp³-hybridized carbons (Fsp3) is 0.278. The number of hydrogen-bond donors (Lipinski definition) is 2. The topological polar surface area (TPSA) is 57.5 Å². The Morgan fingerprint density at radius 1 is 1.10 bits per heavy atom. The van der Waals surface area contributed by atoms with Gasteiger partial charge >= 0.3 is 0 Å². The molecule has 106 valence electrons. The highest BCUT2D eigenvalue weighted by molar-refractivity contribution is 6.10. The first-order valence-electron chi connectivity index (χ1n) is 7.09. The van der Waals surface area contributed by atoms with Crippen molar-refractivity contribution < 1.29 is 15.0 Å². The van der Waals surface area contributed by atoms with Crippen molar-refractivity contribution in [1.82, 2.24) is 0 Å². The Balaban J connectivity index is 2.08. The lowest BCUT2D eigenvalue weighted by atomic mass is 9.82. The van der Waals surface area contributed by atoms with E-state index in [-0.39, 0.29) is 6.42 Å². The highest BCUT2D eigenvalue weighted by Crippen LogP contribution is 2.57. The van der Waals surface area contributed by atoms with Crippen molar-refractivity contribution in [2.24, 2.45) is 0 Å². The summed E-state index contributed by atoms with van der Waals surface area (Å²) in [6.45, 7) is 3.86. The summed E-state index contributed by atoms with van der Waals surface area (Å²) in [5.41, 5.74) is 0.908. The minimum Gasteiger partial charge on any atom is -0.381 e. The lowest BCUT2D eigenvalue weighted by Crippen LogP contribution is -2.46. The molecule has 2 unspecified atom stereocenters. The van der Waals surface area contributed by atoms with Crippen LogP contribution < -0.4 is 0 Å². The Bertz CT molecular complexity index is 808. The van der Waals surface area contributed by atoms with Crippen LogP contribution in [0.1, 0.15) is 38.2 Å². The molecule has 2 N–H and O–H groups in total. The van der Waals surface area contributed by atoms with Gasteiger partial charge in [0.05, 0.1) is 0 Å². The number of aryl methyl sites for hydroxylation is 2. The Labute approximate surface area is 122 Å². The van der Waals surface area contributed by atoms with Crippen LogP contribution in [0.5, 0.6) is 0 Å². The number of carbonyl (C=O) groups excluding carboxylic acids is 1. The molecule has 4 rings (SSSR count). The summed E-state index contributed by atoms with van der Waals surface area (Å²) in [4.78, 5) is 12.8. The van der Waals surface area contributed by atoms with Crippen LogP contribution in [-0.4, -0.2) is 16.0 Å². The van der Waals surface area contributed by atoms with Crippen LogP contribution in [0.25, 0.3) is 0 Å². The predicted octanol–water partition coefficient (Wildman–Crippen LogP) is 2.13. The van der Waals surface area contributed by atoms with Gasteiger partial charge in [-0.3, -0.25) is 4.79 Å². The zero-order valence-electron chi connectivity index (χ0n) is 12.0. The second kappa shape index (κ2) is 3.62. The minimum absolute atomic E-state index is 0.268. The zero-order chi connectivity index (χ0) is 15.0. The normalized spacial score (nSPS) is 29.2.